The van der Waals surface area contributed by atoms with Gasteiger partial charge in [-0.25, -0.2) is 0 Å². The molecule has 0 amide bonds. The van der Waals surface area contributed by atoms with E-state index < -0.39 is 0 Å². The highest BCUT2D eigenvalue weighted by Crippen LogP contribution is 2.51. The fourth-order valence-electron chi connectivity index (χ4n) is 21.7. The highest BCUT2D eigenvalue weighted by Gasteiger charge is 2.26. The zero-order valence-corrected chi connectivity index (χ0v) is 77.0. The molecule has 9 nitrogen and oxygen atoms in total. The van der Waals surface area contributed by atoms with Crippen LogP contribution in [0.4, 0.5) is 0 Å². The predicted molar refractivity (Wildman–Crippen MR) is 590 cm³/mol. The lowest BCUT2D eigenvalue weighted by atomic mass is 9.89. The molecule has 0 unspecified atom stereocenters. The molecule has 142 heavy (non-hydrogen) atoms. The third kappa shape index (κ3) is 14.2. The highest BCUT2D eigenvalue weighted by molar-refractivity contribution is 6.27. The number of fused-ring (bicyclic) bond motifs is 27. The van der Waals surface area contributed by atoms with E-state index in [0.717, 1.165) is 215 Å². The zero-order valence-electron chi connectivity index (χ0n) is 77.0. The van der Waals surface area contributed by atoms with Gasteiger partial charge >= 0.3 is 0 Å². The van der Waals surface area contributed by atoms with Gasteiger partial charge in [-0.15, -0.1) is 0 Å². The van der Waals surface area contributed by atoms with Gasteiger partial charge in [0.2, 0.25) is 0 Å². The Morgan fingerprint density at radius 1 is 0.134 bits per heavy atom. The molecule has 0 spiro atoms. The van der Waals surface area contributed by atoms with Crippen LogP contribution in [-0.2, 0) is 0 Å². The lowest BCUT2D eigenvalue weighted by Gasteiger charge is -2.14. The highest BCUT2D eigenvalue weighted by atomic mass is 16.3. The molecule has 0 saturated carbocycles. The van der Waals surface area contributed by atoms with Crippen LogP contribution in [0.15, 0.2) is 493 Å². The summed E-state index contributed by atoms with van der Waals surface area (Å²) < 4.78 is 20.0. The van der Waals surface area contributed by atoms with Crippen LogP contribution >= 0.6 is 0 Å². The van der Waals surface area contributed by atoms with Crippen LogP contribution < -0.4 is 0 Å². The van der Waals surface area contributed by atoms with E-state index in [0.29, 0.717) is 0 Å². The Bertz CT molecular complexity index is 10000. The van der Waals surface area contributed by atoms with Crippen molar-refractivity contribution in [2.45, 2.75) is 6.92 Å². The molecule has 0 aliphatic heterocycles. The SMILES string of the molecule is Cc1ccc2oc3ccc(-c4ccccc4-c4ccc5c(c4)c4ccccc4c4nccnc54)cc3c2c1.c1ccc(-c2cc(-c3ccccc3)c3oc4c(-c5ccccc5)cc(-c5ccccc5-c5ccc6c(c5)c5ccccc5c5nccnc65)cc4c3c2)cc1.c1ccc(-c2cccc3c2oc2c(-c4ccccc4)cc(-c4ccccc4-c4ccc5c(c4)c4ccccc4c4nccnc54)cc23)cc1. The first-order valence-corrected chi connectivity index (χ1v) is 48.0. The molecular weight excluding hydrogens is 1730 g/mol. The fraction of sp³-hybridized carbons (Fsp3) is 0.00752. The van der Waals surface area contributed by atoms with Gasteiger partial charge in [0.1, 0.15) is 33.5 Å². The van der Waals surface area contributed by atoms with E-state index in [9.17, 15) is 0 Å². The van der Waals surface area contributed by atoms with E-state index >= 15 is 0 Å². The van der Waals surface area contributed by atoms with Crippen LogP contribution in [0, 0.1) is 6.92 Å². The Morgan fingerprint density at radius 2 is 0.380 bits per heavy atom. The van der Waals surface area contributed by atoms with Crippen molar-refractivity contribution in [1.82, 2.24) is 29.9 Å². The molecule has 0 aliphatic rings. The minimum absolute atomic E-state index is 0.884. The van der Waals surface area contributed by atoms with Crippen LogP contribution in [0.25, 0.3) is 286 Å². The second-order valence-corrected chi connectivity index (χ2v) is 36.5. The molecule has 0 aliphatic carbocycles. The molecule has 0 fully saturated rings. The van der Waals surface area contributed by atoms with E-state index in [1.807, 2.05) is 6.07 Å². The maximum atomic E-state index is 7.03. The maximum absolute atomic E-state index is 7.03. The van der Waals surface area contributed by atoms with E-state index in [1.54, 1.807) is 37.2 Å². The van der Waals surface area contributed by atoms with Gasteiger partial charge in [-0.05, 0) is 218 Å². The van der Waals surface area contributed by atoms with Crippen molar-refractivity contribution in [2.75, 3.05) is 0 Å². The summed E-state index contributed by atoms with van der Waals surface area (Å²) in [6, 6.07) is 158. The molecule has 29 aromatic rings. The number of rotatable bonds is 11. The largest absolute Gasteiger partial charge is 0.456 e. The Kier molecular flexibility index (Phi) is 20.0. The molecule has 0 radical (unpaired) electrons. The molecule has 662 valence electrons. The minimum Gasteiger partial charge on any atom is -0.456 e. The first kappa shape index (κ1) is 82.5. The number of para-hydroxylation sites is 1. The van der Waals surface area contributed by atoms with Gasteiger partial charge in [0.25, 0.3) is 0 Å². The summed E-state index contributed by atoms with van der Waals surface area (Å²) in [5.74, 6) is 0. The number of hydrogen-bond acceptors (Lipinski definition) is 9. The predicted octanol–water partition coefficient (Wildman–Crippen LogP) is 36.2. The maximum Gasteiger partial charge on any atom is 0.143 e. The molecule has 0 bridgehead atoms. The average Bonchev–Trinajstić information content (AvgIpc) is 1.65. The molecule has 0 N–H and O–H groups in total. The van der Waals surface area contributed by atoms with Crippen LogP contribution in [0.3, 0.4) is 0 Å². The van der Waals surface area contributed by atoms with E-state index in [1.165, 1.54) is 76.8 Å². The third-order valence-corrected chi connectivity index (χ3v) is 28.3. The van der Waals surface area contributed by atoms with Gasteiger partial charge in [0, 0.05) is 124 Å². The van der Waals surface area contributed by atoms with Crippen molar-refractivity contribution in [3.05, 3.63) is 486 Å². The molecule has 6 heterocycles. The van der Waals surface area contributed by atoms with Crippen molar-refractivity contribution in [3.63, 3.8) is 0 Å². The Balaban J connectivity index is 0.000000108. The van der Waals surface area contributed by atoms with Gasteiger partial charge in [-0.2, -0.15) is 0 Å². The topological polar surface area (TPSA) is 117 Å². The number of aryl methyl sites for hydroxylation is 1. The summed E-state index contributed by atoms with van der Waals surface area (Å²) in [4.78, 5) is 28.4. The average molecular weight is 1810 g/mol. The zero-order chi connectivity index (χ0) is 93.8. The van der Waals surface area contributed by atoms with E-state index in [-0.39, 0.29) is 0 Å². The Morgan fingerprint density at radius 3 is 0.754 bits per heavy atom. The lowest BCUT2D eigenvalue weighted by Crippen LogP contribution is -1.90. The summed E-state index contributed by atoms with van der Waals surface area (Å²) in [7, 11) is 0. The molecule has 0 saturated heterocycles. The van der Waals surface area contributed by atoms with Crippen molar-refractivity contribution in [2.24, 2.45) is 0 Å². The fourth-order valence-corrected chi connectivity index (χ4v) is 21.7. The number of furan rings is 3. The Hall–Kier alpha value is -19.0. The smallest absolute Gasteiger partial charge is 0.143 e. The summed E-state index contributed by atoms with van der Waals surface area (Å²) in [5.41, 5.74) is 37.3. The van der Waals surface area contributed by atoms with Gasteiger partial charge in [-0.1, -0.05) is 370 Å². The molecule has 9 heteroatoms. The van der Waals surface area contributed by atoms with Crippen LogP contribution in [0.1, 0.15) is 5.56 Å². The van der Waals surface area contributed by atoms with Crippen LogP contribution in [-0.4, -0.2) is 29.9 Å². The first-order chi connectivity index (χ1) is 70.3. The molecule has 6 aromatic heterocycles. The van der Waals surface area contributed by atoms with Crippen molar-refractivity contribution in [1.29, 1.82) is 0 Å². The monoisotopic (exact) mass is 1810 g/mol. The molecular formula is C133H82N6O3. The van der Waals surface area contributed by atoms with Crippen molar-refractivity contribution >= 4 is 164 Å². The van der Waals surface area contributed by atoms with Gasteiger partial charge in [0.15, 0.2) is 0 Å². The normalized spacial score (nSPS) is 11.7. The summed E-state index contributed by atoms with van der Waals surface area (Å²) in [6.07, 6.45) is 10.7. The molecule has 29 rings (SSSR count). The van der Waals surface area contributed by atoms with Gasteiger partial charge in [0.05, 0.1) is 33.1 Å². The number of hydrogen-bond donors (Lipinski definition) is 0. The summed E-state index contributed by atoms with van der Waals surface area (Å²) in [5, 5.41) is 20.4. The van der Waals surface area contributed by atoms with Crippen LogP contribution in [0.2, 0.25) is 0 Å². The van der Waals surface area contributed by atoms with Crippen LogP contribution in [0.5, 0.6) is 0 Å². The minimum atomic E-state index is 0.884. The second-order valence-electron chi connectivity index (χ2n) is 36.5. The number of aromatic nitrogens is 6. The number of benzene rings is 23. The lowest BCUT2D eigenvalue weighted by molar-refractivity contribution is 0.669. The van der Waals surface area contributed by atoms with Gasteiger partial charge in [-0.3, -0.25) is 29.9 Å². The Labute approximate surface area is 815 Å². The summed E-state index contributed by atoms with van der Waals surface area (Å²) in [6.45, 7) is 2.12. The van der Waals surface area contributed by atoms with E-state index in [2.05, 4.69) is 449 Å². The van der Waals surface area contributed by atoms with Crippen molar-refractivity contribution < 1.29 is 13.3 Å². The quantitative estimate of drug-likeness (QED) is 0.117. The number of nitrogens with zero attached hydrogens (tertiary/aromatic N) is 6. The molecule has 23 aromatic carbocycles. The van der Waals surface area contributed by atoms with Gasteiger partial charge < -0.3 is 13.3 Å². The standard InChI is InChI=1S/C52H32N2O.C46H28N2O.C35H22N2O/c1-4-14-33(15-5-1)37-29-44(34-16-6-2-7-17-34)51-47(30-37)48-32-38(31-45(52(48)55-51)35-18-8-3-9-19-35)40-21-11-10-20-39(40)36-24-25-43-46(28-36)41-22-12-13-23-42(41)49-50(43)54-27-26-53-49;1-3-12-29(13-4-1)35-20-11-21-39-42-28-32(27-40(46(42)49-45(35)39)30-14-5-2-6-15-30)34-17-8-7-16-33(34)31-22-23-38-41(26-31)36-18-9-10-19-37(36)43-44(38)48-25-24-47-43;1-21-10-14-32-30(18-21)31-20-23(12-15-33(31)38-32)25-7-3-2-6-24(25)22-11-13-28-29(19-22)26-8-4-5-9-27(26)34-35(28)37-17-16-36-34/h1-32H;1-28H;2-20H,1H3. The van der Waals surface area contributed by atoms with Crippen molar-refractivity contribution in [3.8, 4) is 122 Å². The second kappa shape index (κ2) is 34.4. The summed E-state index contributed by atoms with van der Waals surface area (Å²) >= 11 is 0. The molecule has 0 atom stereocenters. The van der Waals surface area contributed by atoms with E-state index in [4.69, 9.17) is 38.2 Å². The third-order valence-electron chi connectivity index (χ3n) is 28.3. The first-order valence-electron chi connectivity index (χ1n) is 48.0.